The Morgan fingerprint density at radius 2 is 1.78 bits per heavy atom. The normalized spacial score (nSPS) is 12.8. The highest BCUT2D eigenvalue weighted by Gasteiger charge is 2.18. The lowest BCUT2D eigenvalue weighted by Crippen LogP contribution is -2.10. The predicted octanol–water partition coefficient (Wildman–Crippen LogP) is 3.23. The van der Waals surface area contributed by atoms with Gasteiger partial charge in [0.15, 0.2) is 0 Å². The third-order valence-electron chi connectivity index (χ3n) is 2.79. The molecule has 0 radical (unpaired) electrons. The number of halogens is 1. The number of nitrogen functional groups attached to an aromatic ring is 1. The van der Waals surface area contributed by atoms with Crippen LogP contribution in [0, 0.1) is 0 Å². The summed E-state index contributed by atoms with van der Waals surface area (Å²) >= 11 is 5.94. The first-order valence-electron chi connectivity index (χ1n) is 5.41. The summed E-state index contributed by atoms with van der Waals surface area (Å²) in [4.78, 5) is 12.1. The van der Waals surface area contributed by atoms with Gasteiger partial charge in [-0.1, -0.05) is 11.6 Å². The van der Waals surface area contributed by atoms with Crippen molar-refractivity contribution < 1.29 is 4.79 Å². The van der Waals surface area contributed by atoms with E-state index in [0.29, 0.717) is 27.6 Å². The second-order valence-corrected chi connectivity index (χ2v) is 4.51. The summed E-state index contributed by atoms with van der Waals surface area (Å²) in [5, 5.41) is 6.57. The molecule has 90 valence electrons. The van der Waals surface area contributed by atoms with Gasteiger partial charge in [-0.05, 0) is 36.4 Å². The average molecular weight is 260 g/mol. The molecule has 0 bridgehead atoms. The maximum absolute atomic E-state index is 12.1. The second kappa shape index (κ2) is 3.92. The Morgan fingerprint density at radius 1 is 0.944 bits per heavy atom. The van der Waals surface area contributed by atoms with E-state index in [-0.39, 0.29) is 5.91 Å². The van der Waals surface area contributed by atoms with Crippen molar-refractivity contribution in [2.75, 3.05) is 16.4 Å². The van der Waals surface area contributed by atoms with Gasteiger partial charge in [0, 0.05) is 10.7 Å². The molecule has 0 saturated heterocycles. The molecule has 0 atom stereocenters. The van der Waals surface area contributed by atoms with E-state index in [9.17, 15) is 4.79 Å². The van der Waals surface area contributed by atoms with Gasteiger partial charge in [-0.3, -0.25) is 4.79 Å². The van der Waals surface area contributed by atoms with Crippen LogP contribution in [0.1, 0.15) is 10.4 Å². The molecule has 0 aromatic heterocycles. The highest BCUT2D eigenvalue weighted by molar-refractivity contribution is 6.31. The molecule has 4 N–H and O–H groups in total. The molecule has 0 fully saturated rings. The van der Waals surface area contributed by atoms with E-state index in [0.717, 1.165) is 5.69 Å². The van der Waals surface area contributed by atoms with Crippen LogP contribution < -0.4 is 16.4 Å². The highest BCUT2D eigenvalue weighted by Crippen LogP contribution is 2.34. The maximum atomic E-state index is 12.1. The Balaban J connectivity index is 2.17. The van der Waals surface area contributed by atoms with Gasteiger partial charge < -0.3 is 16.4 Å². The standard InChI is InChI=1S/C13H10ClN3O/c14-7-1-3-9-11(5-7)16-10-4-2-8(15)6-12(10)17-13(9)18/h1-6,16H,15H2,(H,17,18). The van der Waals surface area contributed by atoms with Crippen molar-refractivity contribution in [1.29, 1.82) is 0 Å². The van der Waals surface area contributed by atoms with E-state index in [1.807, 2.05) is 6.07 Å². The van der Waals surface area contributed by atoms with Gasteiger partial charge in [-0.15, -0.1) is 0 Å². The number of amides is 1. The molecule has 1 aliphatic heterocycles. The molecule has 1 amide bonds. The lowest BCUT2D eigenvalue weighted by atomic mass is 10.1. The topological polar surface area (TPSA) is 67.1 Å². The van der Waals surface area contributed by atoms with Gasteiger partial charge in [0.05, 0.1) is 22.6 Å². The molecule has 18 heavy (non-hydrogen) atoms. The molecule has 5 heteroatoms. The SMILES string of the molecule is Nc1ccc2c(c1)NC(=O)c1ccc(Cl)cc1N2. The number of hydrogen-bond acceptors (Lipinski definition) is 3. The number of carbonyl (C=O) groups is 1. The van der Waals surface area contributed by atoms with E-state index < -0.39 is 0 Å². The van der Waals surface area contributed by atoms with Crippen LogP contribution in [0.15, 0.2) is 36.4 Å². The quantitative estimate of drug-likeness (QED) is 0.636. The molecular weight excluding hydrogens is 250 g/mol. The Morgan fingerprint density at radius 3 is 2.61 bits per heavy atom. The minimum absolute atomic E-state index is 0.182. The fraction of sp³-hybridized carbons (Fsp3) is 0. The van der Waals surface area contributed by atoms with Gasteiger partial charge >= 0.3 is 0 Å². The van der Waals surface area contributed by atoms with Gasteiger partial charge in [-0.25, -0.2) is 0 Å². The van der Waals surface area contributed by atoms with Crippen LogP contribution in [0.25, 0.3) is 0 Å². The molecule has 0 saturated carbocycles. The summed E-state index contributed by atoms with van der Waals surface area (Å²) in [7, 11) is 0. The highest BCUT2D eigenvalue weighted by atomic mass is 35.5. The molecule has 2 aromatic rings. The van der Waals surface area contributed by atoms with Crippen molar-refractivity contribution in [3.63, 3.8) is 0 Å². The third-order valence-corrected chi connectivity index (χ3v) is 3.02. The minimum Gasteiger partial charge on any atom is -0.399 e. The number of nitrogens with one attached hydrogen (secondary N) is 2. The molecule has 2 aromatic carbocycles. The number of fused-ring (bicyclic) bond motifs is 2. The van der Waals surface area contributed by atoms with Crippen LogP contribution in [-0.2, 0) is 0 Å². The number of hydrogen-bond donors (Lipinski definition) is 3. The molecule has 0 unspecified atom stereocenters. The summed E-state index contributed by atoms with van der Waals surface area (Å²) in [6.45, 7) is 0. The fourth-order valence-electron chi connectivity index (χ4n) is 1.93. The van der Waals surface area contributed by atoms with Gasteiger partial charge in [0.2, 0.25) is 0 Å². The van der Waals surface area contributed by atoms with Crippen LogP contribution in [-0.4, -0.2) is 5.91 Å². The molecule has 0 spiro atoms. The van der Waals surface area contributed by atoms with Crippen molar-refractivity contribution in [2.45, 2.75) is 0 Å². The predicted molar refractivity (Wildman–Crippen MR) is 73.5 cm³/mol. The van der Waals surface area contributed by atoms with E-state index in [4.69, 9.17) is 17.3 Å². The zero-order chi connectivity index (χ0) is 12.7. The van der Waals surface area contributed by atoms with Crippen molar-refractivity contribution in [3.05, 3.63) is 47.0 Å². The Kier molecular flexibility index (Phi) is 2.38. The Hall–Kier alpha value is -2.20. The second-order valence-electron chi connectivity index (χ2n) is 4.07. The number of nitrogens with two attached hydrogens (primary N) is 1. The number of rotatable bonds is 0. The number of benzene rings is 2. The number of anilines is 4. The first-order chi connectivity index (χ1) is 8.63. The lowest BCUT2D eigenvalue weighted by Gasteiger charge is -2.09. The van der Waals surface area contributed by atoms with E-state index in [1.165, 1.54) is 0 Å². The van der Waals surface area contributed by atoms with E-state index >= 15 is 0 Å². The molecule has 0 aliphatic carbocycles. The fourth-order valence-corrected chi connectivity index (χ4v) is 2.10. The zero-order valence-electron chi connectivity index (χ0n) is 9.33. The van der Waals surface area contributed by atoms with Gasteiger partial charge in [0.25, 0.3) is 5.91 Å². The van der Waals surface area contributed by atoms with E-state index in [2.05, 4.69) is 10.6 Å². The smallest absolute Gasteiger partial charge is 0.257 e. The first kappa shape index (κ1) is 10.9. The van der Waals surface area contributed by atoms with Crippen LogP contribution >= 0.6 is 11.6 Å². The first-order valence-corrected chi connectivity index (χ1v) is 5.79. The molecule has 1 aliphatic rings. The largest absolute Gasteiger partial charge is 0.399 e. The van der Waals surface area contributed by atoms with Crippen molar-refractivity contribution >= 4 is 40.3 Å². The van der Waals surface area contributed by atoms with Crippen LogP contribution in [0.2, 0.25) is 5.02 Å². The number of carbonyl (C=O) groups excluding carboxylic acids is 1. The maximum Gasteiger partial charge on any atom is 0.257 e. The minimum atomic E-state index is -0.182. The van der Waals surface area contributed by atoms with Crippen molar-refractivity contribution in [3.8, 4) is 0 Å². The van der Waals surface area contributed by atoms with E-state index in [1.54, 1.807) is 30.3 Å². The summed E-state index contributed by atoms with van der Waals surface area (Å²) in [5.74, 6) is -0.182. The molecule has 4 nitrogen and oxygen atoms in total. The molecule has 3 rings (SSSR count). The van der Waals surface area contributed by atoms with Crippen molar-refractivity contribution in [1.82, 2.24) is 0 Å². The zero-order valence-corrected chi connectivity index (χ0v) is 10.1. The third kappa shape index (κ3) is 1.76. The Labute approximate surface area is 109 Å². The summed E-state index contributed by atoms with van der Waals surface area (Å²) in [5.41, 5.74) is 8.99. The Bertz CT molecular complexity index is 655. The summed E-state index contributed by atoms with van der Waals surface area (Å²) in [6.07, 6.45) is 0. The molecule has 1 heterocycles. The summed E-state index contributed by atoms with van der Waals surface area (Å²) < 4.78 is 0. The lowest BCUT2D eigenvalue weighted by molar-refractivity contribution is 0.102. The van der Waals surface area contributed by atoms with Crippen molar-refractivity contribution in [2.24, 2.45) is 0 Å². The van der Waals surface area contributed by atoms with Crippen LogP contribution in [0.4, 0.5) is 22.7 Å². The average Bonchev–Trinajstić information content (AvgIpc) is 2.44. The van der Waals surface area contributed by atoms with Gasteiger partial charge in [0.1, 0.15) is 0 Å². The van der Waals surface area contributed by atoms with Crippen LogP contribution in [0.3, 0.4) is 0 Å². The molecular formula is C13H10ClN3O. The van der Waals surface area contributed by atoms with Crippen LogP contribution in [0.5, 0.6) is 0 Å². The van der Waals surface area contributed by atoms with Gasteiger partial charge in [-0.2, -0.15) is 0 Å². The summed E-state index contributed by atoms with van der Waals surface area (Å²) in [6, 6.07) is 10.4. The monoisotopic (exact) mass is 259 g/mol.